The molecule has 0 spiro atoms. The van der Waals surface area contributed by atoms with Crippen LogP contribution in [0.15, 0.2) is 42.5 Å². The molecule has 2 rings (SSSR count). The number of amides is 1. The Bertz CT molecular complexity index is 884. The van der Waals surface area contributed by atoms with E-state index in [2.05, 4.69) is 15.4 Å². The lowest BCUT2D eigenvalue weighted by Gasteiger charge is -2.14. The van der Waals surface area contributed by atoms with Gasteiger partial charge in [0.15, 0.2) is 6.61 Å². The molecule has 1 amide bonds. The quantitative estimate of drug-likeness (QED) is 0.612. The number of nitrogens with one attached hydrogen (secondary N) is 2. The lowest BCUT2D eigenvalue weighted by atomic mass is 10.1. The summed E-state index contributed by atoms with van der Waals surface area (Å²) in [6.07, 6.45) is -0.0783. The molecule has 2 N–H and O–H groups in total. The Morgan fingerprint density at radius 1 is 1.03 bits per heavy atom. The summed E-state index contributed by atoms with van der Waals surface area (Å²) < 4.78 is 9.50. The first-order valence-corrected chi connectivity index (χ1v) is 9.39. The van der Waals surface area contributed by atoms with E-state index in [1.54, 1.807) is 42.5 Å². The van der Waals surface area contributed by atoms with Crippen molar-refractivity contribution in [3.63, 3.8) is 0 Å². The van der Waals surface area contributed by atoms with Gasteiger partial charge in [-0.25, -0.2) is 4.79 Å². The fourth-order valence-electron chi connectivity index (χ4n) is 2.42. The third-order valence-corrected chi connectivity index (χ3v) is 4.50. The molecule has 7 nitrogen and oxygen atoms in total. The highest BCUT2D eigenvalue weighted by molar-refractivity contribution is 6.39. The minimum absolute atomic E-state index is 0.0783. The Hall–Kier alpha value is -2.77. The number of carbonyl (C=O) groups excluding carboxylic acids is 3. The molecule has 1 atom stereocenters. The molecule has 2 aromatic rings. The first kappa shape index (κ1) is 22.5. The monoisotopic (exact) mass is 438 g/mol. The zero-order valence-electron chi connectivity index (χ0n) is 15.8. The summed E-state index contributed by atoms with van der Waals surface area (Å²) in [5.41, 5.74) is 1.79. The number of anilines is 2. The van der Waals surface area contributed by atoms with Gasteiger partial charge in [0.2, 0.25) is 0 Å². The second-order valence-electron chi connectivity index (χ2n) is 6.03. The van der Waals surface area contributed by atoms with E-state index < -0.39 is 30.5 Å². The van der Waals surface area contributed by atoms with Crippen LogP contribution in [-0.2, 0) is 30.3 Å². The van der Waals surface area contributed by atoms with Crippen LogP contribution in [0, 0.1) is 0 Å². The van der Waals surface area contributed by atoms with Crippen molar-refractivity contribution < 1.29 is 23.9 Å². The molecule has 0 saturated heterocycles. The van der Waals surface area contributed by atoms with Crippen LogP contribution in [0.25, 0.3) is 0 Å². The smallest absolute Gasteiger partial charge is 0.328 e. The number of rotatable bonds is 8. The first-order valence-electron chi connectivity index (χ1n) is 8.63. The average Bonchev–Trinajstić information content (AvgIpc) is 2.69. The summed E-state index contributed by atoms with van der Waals surface area (Å²) in [5.74, 6) is -1.81. The predicted molar refractivity (Wildman–Crippen MR) is 110 cm³/mol. The van der Waals surface area contributed by atoms with Gasteiger partial charge in [-0.2, -0.15) is 0 Å². The second-order valence-corrected chi connectivity index (χ2v) is 6.84. The summed E-state index contributed by atoms with van der Waals surface area (Å²) in [6, 6.07) is 11.4. The number of halogens is 2. The van der Waals surface area contributed by atoms with Gasteiger partial charge in [0, 0.05) is 5.69 Å². The summed E-state index contributed by atoms with van der Waals surface area (Å²) in [7, 11) is 1.21. The van der Waals surface area contributed by atoms with E-state index in [1.807, 2.05) is 0 Å². The van der Waals surface area contributed by atoms with Crippen molar-refractivity contribution >= 4 is 52.4 Å². The maximum Gasteiger partial charge on any atom is 0.328 e. The van der Waals surface area contributed by atoms with Crippen LogP contribution in [-0.4, -0.2) is 37.6 Å². The van der Waals surface area contributed by atoms with Gasteiger partial charge in [0.05, 0.1) is 29.3 Å². The summed E-state index contributed by atoms with van der Waals surface area (Å²) in [5, 5.41) is 6.37. The van der Waals surface area contributed by atoms with Gasteiger partial charge in [-0.05, 0) is 30.7 Å². The van der Waals surface area contributed by atoms with Crippen molar-refractivity contribution in [3.8, 4) is 0 Å². The van der Waals surface area contributed by atoms with E-state index in [9.17, 15) is 14.4 Å². The highest BCUT2D eigenvalue weighted by Gasteiger charge is 2.17. The molecule has 1 unspecified atom stereocenters. The predicted octanol–water partition coefficient (Wildman–Crippen LogP) is 3.50. The van der Waals surface area contributed by atoms with Gasteiger partial charge in [-0.1, -0.05) is 47.5 Å². The normalized spacial score (nSPS) is 11.3. The highest BCUT2D eigenvalue weighted by Crippen LogP contribution is 2.33. The number of ether oxygens (including phenoxy) is 2. The molecular formula is C20H20Cl2N2O5. The highest BCUT2D eigenvalue weighted by atomic mass is 35.5. The summed E-state index contributed by atoms with van der Waals surface area (Å²) in [4.78, 5) is 35.2. The van der Waals surface area contributed by atoms with Crippen LogP contribution in [0.3, 0.4) is 0 Å². The Morgan fingerprint density at radius 2 is 1.69 bits per heavy atom. The van der Waals surface area contributed by atoms with Crippen molar-refractivity contribution in [1.82, 2.24) is 5.32 Å². The lowest BCUT2D eigenvalue weighted by Crippen LogP contribution is -2.41. The third-order valence-electron chi connectivity index (χ3n) is 3.87. The Morgan fingerprint density at radius 3 is 2.34 bits per heavy atom. The second kappa shape index (κ2) is 10.7. The molecule has 0 aliphatic rings. The molecule has 0 bridgehead atoms. The van der Waals surface area contributed by atoms with Crippen molar-refractivity contribution in [3.05, 3.63) is 58.1 Å². The van der Waals surface area contributed by atoms with E-state index in [4.69, 9.17) is 27.9 Å². The zero-order valence-corrected chi connectivity index (χ0v) is 17.3. The van der Waals surface area contributed by atoms with Crippen LogP contribution in [0.4, 0.5) is 11.4 Å². The van der Waals surface area contributed by atoms with Crippen LogP contribution >= 0.6 is 23.2 Å². The van der Waals surface area contributed by atoms with Crippen molar-refractivity contribution in [1.29, 1.82) is 0 Å². The van der Waals surface area contributed by atoms with Crippen molar-refractivity contribution in [2.75, 3.05) is 19.0 Å². The Balaban J connectivity index is 1.97. The zero-order chi connectivity index (χ0) is 21.4. The van der Waals surface area contributed by atoms with Crippen molar-refractivity contribution in [2.24, 2.45) is 0 Å². The molecule has 9 heteroatoms. The minimum Gasteiger partial charge on any atom is -0.467 e. The van der Waals surface area contributed by atoms with Crippen LogP contribution < -0.4 is 10.6 Å². The van der Waals surface area contributed by atoms with E-state index in [-0.39, 0.29) is 6.42 Å². The molecule has 0 aromatic heterocycles. The topological polar surface area (TPSA) is 93.7 Å². The maximum absolute atomic E-state index is 12.2. The molecule has 0 radical (unpaired) electrons. The van der Waals surface area contributed by atoms with E-state index in [0.29, 0.717) is 27.0 Å². The number of benzene rings is 2. The number of methoxy groups -OCH3 is 1. The number of hydrogen-bond donors (Lipinski definition) is 2. The van der Waals surface area contributed by atoms with E-state index in [0.717, 1.165) is 0 Å². The number of carbonyl (C=O) groups is 3. The fraction of sp³-hybridized carbons (Fsp3) is 0.250. The molecule has 0 aliphatic carbocycles. The SMILES string of the molecule is COC(=O)C(C)NC(=O)COC(=O)Cc1ccccc1Nc1c(Cl)cccc1Cl. The maximum atomic E-state index is 12.2. The third kappa shape index (κ3) is 6.66. The van der Waals surface area contributed by atoms with Gasteiger partial charge in [-0.3, -0.25) is 9.59 Å². The summed E-state index contributed by atoms with van der Waals surface area (Å²) in [6.45, 7) is 0.958. The molecule has 0 aliphatic heterocycles. The molecule has 0 saturated carbocycles. The largest absolute Gasteiger partial charge is 0.467 e. The minimum atomic E-state index is -0.837. The van der Waals surface area contributed by atoms with Gasteiger partial charge in [-0.15, -0.1) is 0 Å². The molecule has 29 heavy (non-hydrogen) atoms. The molecule has 0 heterocycles. The number of para-hydroxylation sites is 2. The van der Waals surface area contributed by atoms with Gasteiger partial charge >= 0.3 is 11.9 Å². The average molecular weight is 439 g/mol. The van der Waals surface area contributed by atoms with Crippen molar-refractivity contribution in [2.45, 2.75) is 19.4 Å². The van der Waals surface area contributed by atoms with E-state index >= 15 is 0 Å². The lowest BCUT2D eigenvalue weighted by molar-refractivity contribution is -0.149. The van der Waals surface area contributed by atoms with Crippen LogP contribution in [0.1, 0.15) is 12.5 Å². The molecule has 0 fully saturated rings. The van der Waals surface area contributed by atoms with Crippen LogP contribution in [0.5, 0.6) is 0 Å². The molecule has 154 valence electrons. The van der Waals surface area contributed by atoms with Gasteiger partial charge < -0.3 is 20.1 Å². The molecular weight excluding hydrogens is 419 g/mol. The van der Waals surface area contributed by atoms with Gasteiger partial charge in [0.25, 0.3) is 5.91 Å². The van der Waals surface area contributed by atoms with Crippen LogP contribution in [0.2, 0.25) is 10.0 Å². The van der Waals surface area contributed by atoms with Gasteiger partial charge in [0.1, 0.15) is 6.04 Å². The number of esters is 2. The van der Waals surface area contributed by atoms with E-state index in [1.165, 1.54) is 14.0 Å². The Kier molecular flexibility index (Phi) is 8.30. The first-order chi connectivity index (χ1) is 13.8. The fourth-order valence-corrected chi connectivity index (χ4v) is 2.91. The summed E-state index contributed by atoms with van der Waals surface area (Å²) >= 11 is 12.4. The molecule has 2 aromatic carbocycles. The standard InChI is InChI=1S/C20H20Cl2N2O5/c1-12(20(27)28-2)23-17(25)11-29-18(26)10-13-6-3-4-9-16(13)24-19-14(21)7-5-8-15(19)22/h3-9,12,24H,10-11H2,1-2H3,(H,23,25). The number of hydrogen-bond acceptors (Lipinski definition) is 6. The Labute approximate surface area is 178 Å².